The van der Waals surface area contributed by atoms with Gasteiger partial charge in [-0.25, -0.2) is 0 Å². The van der Waals surface area contributed by atoms with Crippen LogP contribution in [0.5, 0.6) is 0 Å². The summed E-state index contributed by atoms with van der Waals surface area (Å²) in [7, 11) is 0. The Kier molecular flexibility index (Phi) is 6.16. The quantitative estimate of drug-likeness (QED) is 0.503. The molecule has 0 spiro atoms. The lowest BCUT2D eigenvalue weighted by Gasteiger charge is -2.41. The van der Waals surface area contributed by atoms with Crippen LogP contribution in [0.25, 0.3) is 0 Å². The lowest BCUT2D eigenvalue weighted by molar-refractivity contribution is -0.00795. The highest BCUT2D eigenvalue weighted by Gasteiger charge is 2.41. The zero-order valence-corrected chi connectivity index (χ0v) is 17.4. The van der Waals surface area contributed by atoms with E-state index >= 15 is 0 Å². The highest BCUT2D eigenvalue weighted by Crippen LogP contribution is 2.45. The summed E-state index contributed by atoms with van der Waals surface area (Å²) in [6, 6.07) is 29.5. The summed E-state index contributed by atoms with van der Waals surface area (Å²) in [5.74, 6) is 1.03. The van der Waals surface area contributed by atoms with Gasteiger partial charge in [0, 0.05) is 0 Å². The second-order valence-corrected chi connectivity index (χ2v) is 8.74. The number of benzene rings is 3. The van der Waals surface area contributed by atoms with E-state index in [1.165, 1.54) is 30.4 Å². The maximum atomic E-state index is 12.0. The van der Waals surface area contributed by atoms with Gasteiger partial charge in [-0.1, -0.05) is 103 Å². The molecule has 1 nitrogen and oxygen atoms in total. The molecule has 1 aliphatic carbocycles. The molecule has 3 aromatic carbocycles. The molecule has 4 rings (SSSR count). The topological polar surface area (TPSA) is 20.2 Å². The van der Waals surface area contributed by atoms with Gasteiger partial charge in [0.25, 0.3) is 0 Å². The van der Waals surface area contributed by atoms with Crippen LogP contribution in [-0.2, 0) is 12.0 Å². The molecule has 0 aliphatic heterocycles. The number of aryl methyl sites for hydroxylation is 2. The van der Waals surface area contributed by atoms with Crippen molar-refractivity contribution in [3.05, 3.63) is 107 Å². The van der Waals surface area contributed by atoms with Gasteiger partial charge in [0.15, 0.2) is 0 Å². The Balaban J connectivity index is 1.45. The molecule has 3 aromatic rings. The fraction of sp³-hybridized carbons (Fsp3) is 0.357. The molecule has 150 valence electrons. The Bertz CT molecular complexity index is 835. The first-order valence-corrected chi connectivity index (χ1v) is 11.0. The molecule has 0 radical (unpaired) electrons. The van der Waals surface area contributed by atoms with E-state index in [4.69, 9.17) is 0 Å². The maximum Gasteiger partial charge on any atom is 0.117 e. The minimum Gasteiger partial charge on any atom is -0.380 e. The van der Waals surface area contributed by atoms with E-state index in [2.05, 4.69) is 55.5 Å². The third-order valence-electron chi connectivity index (χ3n) is 6.83. The highest BCUT2D eigenvalue weighted by molar-refractivity contribution is 5.37. The zero-order chi connectivity index (χ0) is 20.1. The lowest BCUT2D eigenvalue weighted by Crippen LogP contribution is -2.38. The molecule has 0 amide bonds. The summed E-state index contributed by atoms with van der Waals surface area (Å²) >= 11 is 0. The largest absolute Gasteiger partial charge is 0.380 e. The van der Waals surface area contributed by atoms with E-state index in [1.807, 2.05) is 36.4 Å². The number of hydrogen-bond donors (Lipinski definition) is 1. The number of aliphatic hydroxyl groups is 1. The van der Waals surface area contributed by atoms with E-state index in [9.17, 15) is 5.11 Å². The summed E-state index contributed by atoms with van der Waals surface area (Å²) in [6.45, 7) is 2.14. The first kappa shape index (κ1) is 19.9. The molecule has 1 N–H and O–H groups in total. The van der Waals surface area contributed by atoms with Crippen molar-refractivity contribution in [2.45, 2.75) is 51.0 Å². The first-order valence-electron chi connectivity index (χ1n) is 11.0. The van der Waals surface area contributed by atoms with Crippen molar-refractivity contribution in [3.63, 3.8) is 0 Å². The number of hydrogen-bond acceptors (Lipinski definition) is 1. The van der Waals surface area contributed by atoms with E-state index in [0.29, 0.717) is 0 Å². The molecule has 1 heteroatoms. The van der Waals surface area contributed by atoms with Gasteiger partial charge in [0.2, 0.25) is 0 Å². The van der Waals surface area contributed by atoms with Crippen molar-refractivity contribution in [1.29, 1.82) is 0 Å². The van der Waals surface area contributed by atoms with Crippen LogP contribution >= 0.6 is 0 Å². The van der Waals surface area contributed by atoms with Gasteiger partial charge in [-0.2, -0.15) is 0 Å². The normalized spacial score (nSPS) is 19.8. The highest BCUT2D eigenvalue weighted by atomic mass is 16.3. The fourth-order valence-corrected chi connectivity index (χ4v) is 5.02. The van der Waals surface area contributed by atoms with Crippen LogP contribution in [-0.4, -0.2) is 5.11 Å². The van der Waals surface area contributed by atoms with Gasteiger partial charge in [-0.15, -0.1) is 0 Å². The molecule has 1 saturated carbocycles. The van der Waals surface area contributed by atoms with E-state index < -0.39 is 5.60 Å². The van der Waals surface area contributed by atoms with Crippen molar-refractivity contribution in [3.8, 4) is 0 Å². The first-order chi connectivity index (χ1) is 14.2. The Morgan fingerprint density at radius 2 is 1.24 bits per heavy atom. The van der Waals surface area contributed by atoms with Crippen LogP contribution in [0, 0.1) is 18.8 Å². The molecule has 1 aliphatic rings. The minimum atomic E-state index is -0.898. The van der Waals surface area contributed by atoms with Crippen LogP contribution in [0.2, 0.25) is 0 Å². The maximum absolute atomic E-state index is 12.0. The molecule has 0 atom stereocenters. The lowest BCUT2D eigenvalue weighted by atomic mass is 9.67. The van der Waals surface area contributed by atoms with Crippen molar-refractivity contribution in [1.82, 2.24) is 0 Å². The third-order valence-corrected chi connectivity index (χ3v) is 6.83. The van der Waals surface area contributed by atoms with Crippen LogP contribution in [0.3, 0.4) is 0 Å². The predicted molar refractivity (Wildman–Crippen MR) is 121 cm³/mol. The van der Waals surface area contributed by atoms with E-state index in [1.54, 1.807) is 0 Å². The molecule has 29 heavy (non-hydrogen) atoms. The molecule has 0 unspecified atom stereocenters. The minimum absolute atomic E-state index is 0.267. The SMILES string of the molecule is Cc1ccc(CCC2CCC(C(O)(c3ccccc3)c3ccccc3)CC2)cc1. The van der Waals surface area contributed by atoms with Crippen LogP contribution in [0.1, 0.15) is 54.4 Å². The van der Waals surface area contributed by atoms with Crippen LogP contribution in [0.4, 0.5) is 0 Å². The van der Waals surface area contributed by atoms with Gasteiger partial charge in [-0.3, -0.25) is 0 Å². The standard InChI is InChI=1S/C28H32O/c1-22-12-14-23(15-13-22)16-17-24-18-20-27(21-19-24)28(29,25-8-4-2-5-9-25)26-10-6-3-7-11-26/h2-15,24,27,29H,16-21H2,1H3. The summed E-state index contributed by atoms with van der Waals surface area (Å²) in [4.78, 5) is 0. The van der Waals surface area contributed by atoms with Crippen LogP contribution in [0.15, 0.2) is 84.9 Å². The predicted octanol–water partition coefficient (Wildman–Crippen LogP) is 6.67. The average molecular weight is 385 g/mol. The van der Waals surface area contributed by atoms with Crippen molar-refractivity contribution in [2.75, 3.05) is 0 Å². The molecule has 0 saturated heterocycles. The van der Waals surface area contributed by atoms with Gasteiger partial charge in [0.1, 0.15) is 5.60 Å². The molecular weight excluding hydrogens is 352 g/mol. The molecule has 0 heterocycles. The second kappa shape index (κ2) is 8.97. The van der Waals surface area contributed by atoms with Crippen molar-refractivity contribution >= 4 is 0 Å². The smallest absolute Gasteiger partial charge is 0.117 e. The molecule has 0 aromatic heterocycles. The second-order valence-electron chi connectivity index (χ2n) is 8.74. The number of rotatable bonds is 6. The summed E-state index contributed by atoms with van der Waals surface area (Å²) in [6.07, 6.45) is 7.00. The Morgan fingerprint density at radius 1 is 0.724 bits per heavy atom. The van der Waals surface area contributed by atoms with Crippen molar-refractivity contribution in [2.24, 2.45) is 11.8 Å². The van der Waals surface area contributed by atoms with Gasteiger partial charge >= 0.3 is 0 Å². The van der Waals surface area contributed by atoms with Crippen LogP contribution < -0.4 is 0 Å². The van der Waals surface area contributed by atoms with E-state index in [0.717, 1.165) is 36.3 Å². The fourth-order valence-electron chi connectivity index (χ4n) is 5.02. The molecule has 0 bridgehead atoms. The third kappa shape index (κ3) is 4.46. The summed E-state index contributed by atoms with van der Waals surface area (Å²) < 4.78 is 0. The van der Waals surface area contributed by atoms with Gasteiger partial charge in [0.05, 0.1) is 0 Å². The Hall–Kier alpha value is -2.38. The Labute approximate surface area is 175 Å². The monoisotopic (exact) mass is 384 g/mol. The average Bonchev–Trinajstić information content (AvgIpc) is 2.80. The molecule has 1 fully saturated rings. The Morgan fingerprint density at radius 3 is 1.76 bits per heavy atom. The summed E-state index contributed by atoms with van der Waals surface area (Å²) in [5.41, 5.74) is 3.92. The van der Waals surface area contributed by atoms with Crippen molar-refractivity contribution < 1.29 is 5.11 Å². The van der Waals surface area contributed by atoms with E-state index in [-0.39, 0.29) is 5.92 Å². The summed E-state index contributed by atoms with van der Waals surface area (Å²) in [5, 5.41) is 12.0. The van der Waals surface area contributed by atoms with Gasteiger partial charge < -0.3 is 5.11 Å². The molecular formula is C28H32O. The zero-order valence-electron chi connectivity index (χ0n) is 17.4. The van der Waals surface area contributed by atoms with Gasteiger partial charge in [-0.05, 0) is 61.1 Å².